The number of hydrogen-bond acceptors (Lipinski definition) is 7. The van der Waals surface area contributed by atoms with E-state index < -0.39 is 0 Å². The maximum atomic E-state index is 12.5. The molecule has 3 aromatic heterocycles. The molecular formula is C20H24N8O3. The molecule has 31 heavy (non-hydrogen) atoms. The van der Waals surface area contributed by atoms with Gasteiger partial charge in [0.1, 0.15) is 5.82 Å². The van der Waals surface area contributed by atoms with Gasteiger partial charge in [-0.1, -0.05) is 0 Å². The van der Waals surface area contributed by atoms with Crippen molar-refractivity contribution < 1.29 is 9.59 Å². The van der Waals surface area contributed by atoms with Crippen LogP contribution < -0.4 is 15.9 Å². The van der Waals surface area contributed by atoms with Crippen molar-refractivity contribution in [2.45, 2.75) is 12.8 Å². The van der Waals surface area contributed by atoms with Crippen LogP contribution in [0.5, 0.6) is 0 Å². The summed E-state index contributed by atoms with van der Waals surface area (Å²) in [6.45, 7) is 2.45. The molecule has 1 N–H and O–H groups in total. The van der Waals surface area contributed by atoms with Crippen molar-refractivity contribution >= 4 is 34.7 Å². The standard InChI is InChI=1S/C20H24N8O3/c1-25-14-4-5-15(24-18(14)26(2)20(25)31)23-16(29)6-7-17(30)27-10-12-28(13-11-27)19-21-8-3-9-22-19/h3-5,8-9H,6-7,10-13H2,1-2H3,(H,23,24,29). The number of aryl methyl sites for hydroxylation is 2. The third kappa shape index (κ3) is 4.25. The number of imidazole rings is 1. The number of fused-ring (bicyclic) bond motifs is 1. The first kappa shape index (κ1) is 20.5. The molecule has 4 rings (SSSR count). The van der Waals surface area contributed by atoms with E-state index >= 15 is 0 Å². The van der Waals surface area contributed by atoms with Crippen molar-refractivity contribution in [3.05, 3.63) is 41.1 Å². The van der Waals surface area contributed by atoms with Crippen LogP contribution in [0.4, 0.5) is 11.8 Å². The smallest absolute Gasteiger partial charge is 0.329 e. The fourth-order valence-corrected chi connectivity index (χ4v) is 3.63. The van der Waals surface area contributed by atoms with Gasteiger partial charge in [0.2, 0.25) is 17.8 Å². The Morgan fingerprint density at radius 1 is 1.00 bits per heavy atom. The summed E-state index contributed by atoms with van der Waals surface area (Å²) in [6, 6.07) is 5.15. The number of nitrogens with one attached hydrogen (secondary N) is 1. The van der Waals surface area contributed by atoms with Gasteiger partial charge >= 0.3 is 5.69 Å². The van der Waals surface area contributed by atoms with Crippen LogP contribution in [0.15, 0.2) is 35.4 Å². The molecule has 0 spiro atoms. The molecule has 0 radical (unpaired) electrons. The van der Waals surface area contributed by atoms with Crippen LogP contribution in [0.1, 0.15) is 12.8 Å². The van der Waals surface area contributed by atoms with Crippen molar-refractivity contribution in [3.8, 4) is 0 Å². The van der Waals surface area contributed by atoms with E-state index in [4.69, 9.17) is 0 Å². The highest BCUT2D eigenvalue weighted by atomic mass is 16.2. The number of nitrogens with zero attached hydrogens (tertiary/aromatic N) is 7. The van der Waals surface area contributed by atoms with E-state index in [9.17, 15) is 14.4 Å². The fraction of sp³-hybridized carbons (Fsp3) is 0.400. The third-order valence-electron chi connectivity index (χ3n) is 5.41. The number of amides is 2. The lowest BCUT2D eigenvalue weighted by Gasteiger charge is -2.34. The molecule has 4 heterocycles. The van der Waals surface area contributed by atoms with Crippen LogP contribution in [-0.4, -0.2) is 67.0 Å². The molecule has 1 aliphatic heterocycles. The van der Waals surface area contributed by atoms with Gasteiger partial charge in [-0.15, -0.1) is 0 Å². The van der Waals surface area contributed by atoms with Crippen LogP contribution in [0.3, 0.4) is 0 Å². The van der Waals surface area contributed by atoms with Crippen molar-refractivity contribution in [1.29, 1.82) is 0 Å². The molecule has 162 valence electrons. The third-order valence-corrected chi connectivity index (χ3v) is 5.41. The summed E-state index contributed by atoms with van der Waals surface area (Å²) in [6.07, 6.45) is 3.58. The van der Waals surface area contributed by atoms with Gasteiger partial charge in [-0.2, -0.15) is 0 Å². The maximum Gasteiger partial charge on any atom is 0.329 e. The molecule has 0 aliphatic carbocycles. The zero-order chi connectivity index (χ0) is 22.0. The molecule has 1 fully saturated rings. The summed E-state index contributed by atoms with van der Waals surface area (Å²) in [5.74, 6) is 0.659. The van der Waals surface area contributed by atoms with Gasteiger partial charge in [0, 0.05) is 65.5 Å². The highest BCUT2D eigenvalue weighted by Crippen LogP contribution is 2.14. The van der Waals surface area contributed by atoms with Gasteiger partial charge in [-0.25, -0.2) is 19.7 Å². The van der Waals surface area contributed by atoms with Crippen LogP contribution in [0.2, 0.25) is 0 Å². The Hall–Kier alpha value is -3.76. The Balaban J connectivity index is 1.28. The average Bonchev–Trinajstić information content (AvgIpc) is 3.02. The Morgan fingerprint density at radius 2 is 1.71 bits per heavy atom. The second-order valence-electron chi connectivity index (χ2n) is 7.40. The van der Waals surface area contributed by atoms with E-state index in [0.29, 0.717) is 49.1 Å². The number of anilines is 2. The molecular weight excluding hydrogens is 400 g/mol. The summed E-state index contributed by atoms with van der Waals surface area (Å²) < 4.78 is 2.92. The minimum Gasteiger partial charge on any atom is -0.339 e. The predicted octanol–water partition coefficient (Wildman–Crippen LogP) is 0.129. The average molecular weight is 424 g/mol. The number of carbonyl (C=O) groups is 2. The number of rotatable bonds is 5. The molecule has 0 aromatic carbocycles. The summed E-state index contributed by atoms with van der Waals surface area (Å²) in [7, 11) is 3.30. The topological polar surface area (TPSA) is 118 Å². The molecule has 2 amide bonds. The Kier molecular flexibility index (Phi) is 5.65. The lowest BCUT2D eigenvalue weighted by molar-refractivity contribution is -0.133. The van der Waals surface area contributed by atoms with Gasteiger partial charge in [-0.05, 0) is 18.2 Å². The predicted molar refractivity (Wildman–Crippen MR) is 115 cm³/mol. The van der Waals surface area contributed by atoms with E-state index in [2.05, 4.69) is 20.3 Å². The largest absolute Gasteiger partial charge is 0.339 e. The van der Waals surface area contributed by atoms with Gasteiger partial charge in [0.25, 0.3) is 0 Å². The number of aromatic nitrogens is 5. The Labute approximate surface area is 178 Å². The lowest BCUT2D eigenvalue weighted by atomic mass is 10.2. The van der Waals surface area contributed by atoms with E-state index in [0.717, 1.165) is 0 Å². The maximum absolute atomic E-state index is 12.5. The van der Waals surface area contributed by atoms with Crippen molar-refractivity contribution in [3.63, 3.8) is 0 Å². The van der Waals surface area contributed by atoms with Crippen LogP contribution in [-0.2, 0) is 23.7 Å². The molecule has 1 aliphatic rings. The highest BCUT2D eigenvalue weighted by molar-refractivity contribution is 5.93. The molecule has 0 bridgehead atoms. The van der Waals surface area contributed by atoms with Crippen LogP contribution >= 0.6 is 0 Å². The summed E-state index contributed by atoms with van der Waals surface area (Å²) in [5, 5.41) is 2.71. The van der Waals surface area contributed by atoms with Gasteiger partial charge < -0.3 is 15.1 Å². The normalized spacial score (nSPS) is 14.1. The van der Waals surface area contributed by atoms with Gasteiger partial charge in [0.15, 0.2) is 5.65 Å². The van der Waals surface area contributed by atoms with E-state index in [-0.39, 0.29) is 30.3 Å². The second-order valence-corrected chi connectivity index (χ2v) is 7.40. The van der Waals surface area contributed by atoms with Crippen LogP contribution in [0, 0.1) is 0 Å². The quantitative estimate of drug-likeness (QED) is 0.618. The van der Waals surface area contributed by atoms with Crippen LogP contribution in [0.25, 0.3) is 11.2 Å². The molecule has 11 nitrogen and oxygen atoms in total. The first-order valence-corrected chi connectivity index (χ1v) is 10.1. The molecule has 1 saturated heterocycles. The molecule has 3 aromatic rings. The highest BCUT2D eigenvalue weighted by Gasteiger charge is 2.22. The molecule has 11 heteroatoms. The first-order chi connectivity index (χ1) is 14.9. The summed E-state index contributed by atoms with van der Waals surface area (Å²) in [4.78, 5) is 53.4. The lowest BCUT2D eigenvalue weighted by Crippen LogP contribution is -2.49. The van der Waals surface area contributed by atoms with Crippen molar-refractivity contribution in [2.24, 2.45) is 14.1 Å². The van der Waals surface area contributed by atoms with Gasteiger partial charge in [0.05, 0.1) is 5.52 Å². The number of hydrogen-bond donors (Lipinski definition) is 1. The number of pyridine rings is 1. The zero-order valence-corrected chi connectivity index (χ0v) is 17.5. The molecule has 0 unspecified atom stereocenters. The SMILES string of the molecule is Cn1c(=O)n(C)c2nc(NC(=O)CCC(=O)N3CCN(c4ncccn4)CC3)ccc21. The zero-order valence-electron chi connectivity index (χ0n) is 17.5. The monoisotopic (exact) mass is 424 g/mol. The summed E-state index contributed by atoms with van der Waals surface area (Å²) >= 11 is 0. The number of piperazine rings is 1. The minimum atomic E-state index is -0.294. The van der Waals surface area contributed by atoms with Gasteiger partial charge in [-0.3, -0.25) is 18.7 Å². The second kappa shape index (κ2) is 8.54. The Bertz CT molecular complexity index is 1160. The molecule has 0 saturated carbocycles. The fourth-order valence-electron chi connectivity index (χ4n) is 3.63. The van der Waals surface area contributed by atoms with Crippen molar-refractivity contribution in [2.75, 3.05) is 36.4 Å². The minimum absolute atomic E-state index is 0.0577. The number of carbonyl (C=O) groups excluding carboxylic acids is 2. The first-order valence-electron chi connectivity index (χ1n) is 10.1. The summed E-state index contributed by atoms with van der Waals surface area (Å²) in [5.41, 5.74) is 0.984. The van der Waals surface area contributed by atoms with Crippen molar-refractivity contribution in [1.82, 2.24) is 29.0 Å². The Morgan fingerprint density at radius 3 is 2.42 bits per heavy atom. The van der Waals surface area contributed by atoms with E-state index in [1.165, 1.54) is 9.13 Å². The molecule has 0 atom stereocenters. The van der Waals surface area contributed by atoms with E-state index in [1.54, 1.807) is 49.6 Å². The van der Waals surface area contributed by atoms with E-state index in [1.807, 2.05) is 4.90 Å².